The second-order valence-corrected chi connectivity index (χ2v) is 5.91. The highest BCUT2D eigenvalue weighted by Crippen LogP contribution is 2.29. The molecule has 4 N–H and O–H groups in total. The minimum atomic E-state index is -0.522. The second kappa shape index (κ2) is 7.65. The summed E-state index contributed by atoms with van der Waals surface area (Å²) in [5, 5.41) is 3.65. The number of H-pyrrole nitrogens is 1. The lowest BCUT2D eigenvalue weighted by Crippen LogP contribution is -2.13. The Bertz CT molecular complexity index is 974. The number of hydrogen-bond acceptors (Lipinski definition) is 3. The first-order valence-electron chi connectivity index (χ1n) is 8.43. The molecule has 2 amide bonds. The molecule has 2 aromatic heterocycles. The van der Waals surface area contributed by atoms with E-state index in [0.29, 0.717) is 23.3 Å². The highest BCUT2D eigenvalue weighted by atomic mass is 16.1. The van der Waals surface area contributed by atoms with Crippen LogP contribution in [0.5, 0.6) is 0 Å². The molecule has 0 unspecified atom stereocenters. The lowest BCUT2D eigenvalue weighted by atomic mass is 10.0. The van der Waals surface area contributed by atoms with Crippen LogP contribution in [-0.4, -0.2) is 21.8 Å². The van der Waals surface area contributed by atoms with E-state index in [1.165, 1.54) is 0 Å². The summed E-state index contributed by atoms with van der Waals surface area (Å²) in [4.78, 5) is 31.3. The summed E-state index contributed by atoms with van der Waals surface area (Å²) in [5.74, 6) is -0.583. The maximum absolute atomic E-state index is 12.0. The quantitative estimate of drug-likeness (QED) is 0.596. The number of aromatic nitrogens is 2. The van der Waals surface area contributed by atoms with E-state index >= 15 is 0 Å². The van der Waals surface area contributed by atoms with Gasteiger partial charge in [-0.2, -0.15) is 0 Å². The maximum Gasteiger partial charge on any atom is 0.249 e. The van der Waals surface area contributed by atoms with Crippen molar-refractivity contribution in [2.24, 2.45) is 5.73 Å². The molecule has 0 saturated carbocycles. The lowest BCUT2D eigenvalue weighted by molar-refractivity contribution is -0.116. The summed E-state index contributed by atoms with van der Waals surface area (Å²) in [5.41, 5.74) is 8.72. The van der Waals surface area contributed by atoms with Gasteiger partial charge in [0.25, 0.3) is 0 Å². The normalized spacial score (nSPS) is 11.5. The summed E-state index contributed by atoms with van der Waals surface area (Å²) >= 11 is 0. The van der Waals surface area contributed by atoms with E-state index in [0.717, 1.165) is 22.9 Å². The minimum absolute atomic E-state index is 0.0608. The number of benzene rings is 1. The van der Waals surface area contributed by atoms with Crippen molar-refractivity contribution in [3.05, 3.63) is 59.9 Å². The zero-order valence-corrected chi connectivity index (χ0v) is 14.5. The lowest BCUT2D eigenvalue weighted by Gasteiger charge is -2.07. The predicted molar refractivity (Wildman–Crippen MR) is 103 cm³/mol. The Kier molecular flexibility index (Phi) is 5.12. The van der Waals surface area contributed by atoms with E-state index < -0.39 is 5.91 Å². The third-order valence-electron chi connectivity index (χ3n) is 4.01. The van der Waals surface area contributed by atoms with Crippen LogP contribution in [0.4, 0.5) is 5.69 Å². The summed E-state index contributed by atoms with van der Waals surface area (Å²) in [6.45, 7) is 1.95. The first kappa shape index (κ1) is 17.4. The Morgan fingerprint density at radius 2 is 2.00 bits per heavy atom. The Hall–Kier alpha value is -3.41. The van der Waals surface area contributed by atoms with Gasteiger partial charge >= 0.3 is 0 Å². The fraction of sp³-hybridized carbons (Fsp3) is 0.150. The second-order valence-electron chi connectivity index (χ2n) is 5.91. The van der Waals surface area contributed by atoms with Gasteiger partial charge in [0.05, 0.1) is 5.69 Å². The van der Waals surface area contributed by atoms with Crippen molar-refractivity contribution >= 4 is 40.2 Å². The molecule has 132 valence electrons. The summed E-state index contributed by atoms with van der Waals surface area (Å²) in [7, 11) is 0. The van der Waals surface area contributed by atoms with Crippen molar-refractivity contribution in [2.75, 3.05) is 5.32 Å². The van der Waals surface area contributed by atoms with Crippen molar-refractivity contribution in [1.29, 1.82) is 0 Å². The van der Waals surface area contributed by atoms with Gasteiger partial charge in [0.15, 0.2) is 0 Å². The van der Waals surface area contributed by atoms with Crippen LogP contribution < -0.4 is 11.1 Å². The Balaban J connectivity index is 2.10. The largest absolute Gasteiger partial charge is 0.366 e. The van der Waals surface area contributed by atoms with Gasteiger partial charge in [-0.05, 0) is 24.1 Å². The molecule has 0 aliphatic rings. The van der Waals surface area contributed by atoms with Crippen molar-refractivity contribution in [1.82, 2.24) is 9.97 Å². The third-order valence-corrected chi connectivity index (χ3v) is 4.01. The van der Waals surface area contributed by atoms with Crippen molar-refractivity contribution in [2.45, 2.75) is 19.8 Å². The van der Waals surface area contributed by atoms with Gasteiger partial charge < -0.3 is 16.0 Å². The van der Waals surface area contributed by atoms with Crippen molar-refractivity contribution < 1.29 is 9.59 Å². The highest BCUT2D eigenvalue weighted by molar-refractivity contribution is 6.24. The third kappa shape index (κ3) is 3.64. The van der Waals surface area contributed by atoms with E-state index in [1.807, 2.05) is 37.3 Å². The SMILES string of the molecule is CCCC(=O)Nc1ccnc2[nH]cc(/C=C(/C(N)=O)c3ccccc3)c12. The molecular formula is C20H20N4O2. The van der Waals surface area contributed by atoms with Crippen LogP contribution in [0.2, 0.25) is 0 Å². The van der Waals surface area contributed by atoms with Gasteiger partial charge in [0.1, 0.15) is 5.65 Å². The van der Waals surface area contributed by atoms with Crippen LogP contribution >= 0.6 is 0 Å². The molecule has 2 heterocycles. The van der Waals surface area contributed by atoms with E-state index in [-0.39, 0.29) is 5.91 Å². The average Bonchev–Trinajstić information content (AvgIpc) is 3.04. The monoisotopic (exact) mass is 348 g/mol. The highest BCUT2D eigenvalue weighted by Gasteiger charge is 2.14. The molecule has 0 radical (unpaired) electrons. The number of anilines is 1. The van der Waals surface area contributed by atoms with E-state index in [2.05, 4.69) is 15.3 Å². The van der Waals surface area contributed by atoms with Gasteiger partial charge in [-0.15, -0.1) is 0 Å². The first-order valence-corrected chi connectivity index (χ1v) is 8.43. The summed E-state index contributed by atoms with van der Waals surface area (Å²) in [6.07, 6.45) is 6.29. The molecule has 6 nitrogen and oxygen atoms in total. The van der Waals surface area contributed by atoms with E-state index in [1.54, 1.807) is 24.5 Å². The number of carbonyl (C=O) groups excluding carboxylic acids is 2. The maximum atomic E-state index is 12.0. The molecule has 0 fully saturated rings. The van der Waals surface area contributed by atoms with E-state index in [9.17, 15) is 9.59 Å². The molecule has 0 aliphatic heterocycles. The number of nitrogens with two attached hydrogens (primary N) is 1. The number of amides is 2. The fourth-order valence-corrected chi connectivity index (χ4v) is 2.81. The first-order chi connectivity index (χ1) is 12.6. The molecule has 0 saturated heterocycles. The molecule has 0 aliphatic carbocycles. The number of nitrogens with zero attached hydrogens (tertiary/aromatic N) is 1. The molecule has 6 heteroatoms. The number of nitrogens with one attached hydrogen (secondary N) is 2. The number of carbonyl (C=O) groups is 2. The summed E-state index contributed by atoms with van der Waals surface area (Å²) in [6, 6.07) is 11.0. The molecule has 3 aromatic rings. The van der Waals surface area contributed by atoms with Crippen LogP contribution in [0.25, 0.3) is 22.7 Å². The number of fused-ring (bicyclic) bond motifs is 1. The molecular weight excluding hydrogens is 328 g/mol. The van der Waals surface area contributed by atoms with Crippen LogP contribution in [0.3, 0.4) is 0 Å². The molecule has 26 heavy (non-hydrogen) atoms. The van der Waals surface area contributed by atoms with Crippen LogP contribution in [0, 0.1) is 0 Å². The molecule has 1 aromatic carbocycles. The van der Waals surface area contributed by atoms with Crippen LogP contribution in [0.15, 0.2) is 48.8 Å². The van der Waals surface area contributed by atoms with Gasteiger partial charge in [-0.1, -0.05) is 37.3 Å². The molecule has 3 rings (SSSR count). The van der Waals surface area contributed by atoms with E-state index in [4.69, 9.17) is 5.73 Å². The number of rotatable bonds is 6. The Labute approximate surface area is 151 Å². The zero-order chi connectivity index (χ0) is 18.5. The molecule has 0 atom stereocenters. The van der Waals surface area contributed by atoms with Gasteiger partial charge in [0, 0.05) is 35.3 Å². The van der Waals surface area contributed by atoms with Gasteiger partial charge in [-0.25, -0.2) is 4.98 Å². The number of aromatic amines is 1. The van der Waals surface area contributed by atoms with Crippen LogP contribution in [0.1, 0.15) is 30.9 Å². The smallest absolute Gasteiger partial charge is 0.249 e. The fourth-order valence-electron chi connectivity index (χ4n) is 2.81. The predicted octanol–water partition coefficient (Wildman–Crippen LogP) is 3.33. The topological polar surface area (TPSA) is 101 Å². The Morgan fingerprint density at radius 3 is 2.69 bits per heavy atom. The van der Waals surface area contributed by atoms with Crippen molar-refractivity contribution in [3.63, 3.8) is 0 Å². The number of pyridine rings is 1. The Morgan fingerprint density at radius 1 is 1.23 bits per heavy atom. The number of hydrogen-bond donors (Lipinski definition) is 3. The van der Waals surface area contributed by atoms with Crippen LogP contribution in [-0.2, 0) is 9.59 Å². The minimum Gasteiger partial charge on any atom is -0.366 e. The molecule has 0 bridgehead atoms. The van der Waals surface area contributed by atoms with Crippen molar-refractivity contribution in [3.8, 4) is 0 Å². The average molecular weight is 348 g/mol. The summed E-state index contributed by atoms with van der Waals surface area (Å²) < 4.78 is 0. The molecule has 0 spiro atoms. The zero-order valence-electron chi connectivity index (χ0n) is 14.5. The van der Waals surface area contributed by atoms with Gasteiger partial charge in [-0.3, -0.25) is 9.59 Å². The number of primary amides is 1. The van der Waals surface area contributed by atoms with Gasteiger partial charge in [0.2, 0.25) is 11.8 Å². The standard InChI is InChI=1S/C20H20N4O2/c1-2-6-17(25)24-16-9-10-22-20-18(16)14(12-23-20)11-15(19(21)26)13-7-4-3-5-8-13/h3-5,7-12H,2,6H2,1H3,(H2,21,26)(H2,22,23,24,25)/b15-11+.